The summed E-state index contributed by atoms with van der Waals surface area (Å²) in [5.41, 5.74) is 3.19. The van der Waals surface area contributed by atoms with Crippen molar-refractivity contribution >= 4 is 23.4 Å². The molecule has 0 radical (unpaired) electrons. The molecule has 4 nitrogen and oxygen atoms in total. The van der Waals surface area contributed by atoms with Crippen molar-refractivity contribution in [3.05, 3.63) is 76.1 Å². The highest BCUT2D eigenvalue weighted by molar-refractivity contribution is 8.03. The molecule has 0 saturated carbocycles. The molecule has 1 fully saturated rings. The van der Waals surface area contributed by atoms with Gasteiger partial charge < -0.3 is 4.90 Å². The van der Waals surface area contributed by atoms with Crippen LogP contribution in [-0.2, 0) is 4.79 Å². The number of carbonyl (C=O) groups is 1. The van der Waals surface area contributed by atoms with Crippen LogP contribution in [0.5, 0.6) is 0 Å². The normalized spacial score (nSPS) is 19.7. The third-order valence-electron chi connectivity index (χ3n) is 5.05. The molecule has 4 rings (SSSR count). The number of nitriles is 1. The zero-order valence-corrected chi connectivity index (χ0v) is 15.7. The van der Waals surface area contributed by atoms with E-state index in [1.165, 1.54) is 17.8 Å². The molecule has 0 N–H and O–H groups in total. The zero-order chi connectivity index (χ0) is 19.0. The van der Waals surface area contributed by atoms with Gasteiger partial charge in [-0.25, -0.2) is 4.39 Å². The Morgan fingerprint density at radius 3 is 2.67 bits per heavy atom. The average Bonchev–Trinajstić information content (AvgIpc) is 2.68. The Balaban J connectivity index is 1.70. The van der Waals surface area contributed by atoms with Crippen molar-refractivity contribution in [3.63, 3.8) is 0 Å². The van der Waals surface area contributed by atoms with Crippen molar-refractivity contribution in [1.29, 1.82) is 5.26 Å². The number of nitrogens with zero attached hydrogens (tertiary/aromatic N) is 3. The average molecular weight is 379 g/mol. The van der Waals surface area contributed by atoms with E-state index in [-0.39, 0.29) is 30.7 Å². The van der Waals surface area contributed by atoms with Gasteiger partial charge in [-0.1, -0.05) is 48.2 Å². The van der Waals surface area contributed by atoms with E-state index in [9.17, 15) is 14.4 Å². The van der Waals surface area contributed by atoms with E-state index in [4.69, 9.17) is 0 Å². The third kappa shape index (κ3) is 3.08. The van der Waals surface area contributed by atoms with Crippen LogP contribution in [0.15, 0.2) is 59.1 Å². The van der Waals surface area contributed by atoms with Crippen molar-refractivity contribution in [2.75, 3.05) is 17.4 Å². The molecule has 1 atom stereocenters. The number of rotatable bonds is 2. The molecular weight excluding hydrogens is 361 g/mol. The van der Waals surface area contributed by atoms with E-state index < -0.39 is 0 Å². The summed E-state index contributed by atoms with van der Waals surface area (Å²) in [6.07, 6.45) is 0.253. The lowest BCUT2D eigenvalue weighted by Crippen LogP contribution is -2.47. The van der Waals surface area contributed by atoms with Crippen LogP contribution < -0.4 is 4.90 Å². The van der Waals surface area contributed by atoms with Gasteiger partial charge in [0, 0.05) is 12.3 Å². The molecular formula is C21H18FN3OS. The van der Waals surface area contributed by atoms with Gasteiger partial charge in [-0.2, -0.15) is 5.26 Å². The number of halogens is 1. The van der Waals surface area contributed by atoms with E-state index in [1.54, 1.807) is 23.1 Å². The Kier molecular flexibility index (Phi) is 4.63. The second-order valence-electron chi connectivity index (χ2n) is 6.67. The van der Waals surface area contributed by atoms with Crippen LogP contribution in [0.3, 0.4) is 0 Å². The fraction of sp³-hybridized carbons (Fsp3) is 0.238. The summed E-state index contributed by atoms with van der Waals surface area (Å²) < 4.78 is 14.1. The number of benzene rings is 2. The molecule has 2 aromatic rings. The van der Waals surface area contributed by atoms with E-state index >= 15 is 0 Å². The molecule has 27 heavy (non-hydrogen) atoms. The molecule has 0 aliphatic carbocycles. The third-order valence-corrected chi connectivity index (χ3v) is 6.21. The lowest BCUT2D eigenvalue weighted by atomic mass is 9.84. The van der Waals surface area contributed by atoms with Crippen LogP contribution in [0.4, 0.5) is 10.1 Å². The van der Waals surface area contributed by atoms with Crippen molar-refractivity contribution in [2.45, 2.75) is 19.3 Å². The maximum atomic E-state index is 14.1. The maximum absolute atomic E-state index is 14.1. The number of hydrogen-bond donors (Lipinski definition) is 0. The van der Waals surface area contributed by atoms with Gasteiger partial charge in [0.1, 0.15) is 5.82 Å². The minimum Gasteiger partial charge on any atom is -0.341 e. The summed E-state index contributed by atoms with van der Waals surface area (Å²) in [4.78, 5) is 16.3. The van der Waals surface area contributed by atoms with Crippen LogP contribution in [0, 0.1) is 24.1 Å². The minimum atomic E-state index is -0.312. The van der Waals surface area contributed by atoms with Gasteiger partial charge in [0.25, 0.3) is 0 Å². The summed E-state index contributed by atoms with van der Waals surface area (Å²) in [5, 5.41) is 10.5. The lowest BCUT2D eigenvalue weighted by Gasteiger charge is -2.42. The molecule has 1 saturated heterocycles. The number of amides is 1. The lowest BCUT2D eigenvalue weighted by molar-refractivity contribution is -0.129. The Bertz CT molecular complexity index is 981. The molecule has 1 amide bonds. The second-order valence-corrected chi connectivity index (χ2v) is 7.61. The predicted molar refractivity (Wildman–Crippen MR) is 104 cm³/mol. The number of para-hydroxylation sites is 1. The molecule has 2 heterocycles. The molecule has 0 spiro atoms. The smallest absolute Gasteiger partial charge is 0.229 e. The molecule has 0 unspecified atom stereocenters. The summed E-state index contributed by atoms with van der Waals surface area (Å²) in [6.45, 7) is 2.26. The highest BCUT2D eigenvalue weighted by atomic mass is 32.2. The Hall–Kier alpha value is -2.78. The number of fused-ring (bicyclic) bond motifs is 1. The number of thioether (sulfide) groups is 1. The van der Waals surface area contributed by atoms with Gasteiger partial charge in [0.2, 0.25) is 5.91 Å². The highest BCUT2D eigenvalue weighted by Crippen LogP contribution is 2.44. The molecule has 6 heteroatoms. The number of aryl methyl sites for hydroxylation is 1. The first-order chi connectivity index (χ1) is 13.1. The predicted octanol–water partition coefficient (Wildman–Crippen LogP) is 4.35. The SMILES string of the molecule is Cc1ccccc1[C@@H]1CC(=O)N2CN(c3ccccc3F)CSC2=C1C#N. The number of hydrogen-bond acceptors (Lipinski definition) is 4. The molecule has 136 valence electrons. The quantitative estimate of drug-likeness (QED) is 0.778. The monoisotopic (exact) mass is 379 g/mol. The molecule has 2 aliphatic rings. The fourth-order valence-electron chi connectivity index (χ4n) is 3.67. The van der Waals surface area contributed by atoms with Gasteiger partial charge in [0.05, 0.1) is 34.9 Å². The highest BCUT2D eigenvalue weighted by Gasteiger charge is 2.39. The van der Waals surface area contributed by atoms with Gasteiger partial charge in [-0.05, 0) is 30.2 Å². The van der Waals surface area contributed by atoms with Crippen LogP contribution in [0.1, 0.15) is 23.5 Å². The first kappa shape index (κ1) is 17.6. The summed E-state index contributed by atoms with van der Waals surface area (Å²) in [7, 11) is 0. The van der Waals surface area contributed by atoms with Crippen LogP contribution in [0.25, 0.3) is 0 Å². The Morgan fingerprint density at radius 1 is 1.19 bits per heavy atom. The summed E-state index contributed by atoms with van der Waals surface area (Å²) in [6, 6.07) is 16.8. The summed E-state index contributed by atoms with van der Waals surface area (Å²) in [5.74, 6) is -0.0762. The van der Waals surface area contributed by atoms with Gasteiger partial charge in [-0.3, -0.25) is 9.69 Å². The number of carbonyl (C=O) groups excluding carboxylic acids is 1. The molecule has 0 bridgehead atoms. The van der Waals surface area contributed by atoms with Crippen molar-refractivity contribution in [1.82, 2.24) is 4.90 Å². The molecule has 0 aromatic heterocycles. The Morgan fingerprint density at radius 2 is 1.93 bits per heavy atom. The minimum absolute atomic E-state index is 0.0363. The van der Waals surface area contributed by atoms with Crippen LogP contribution in [-0.4, -0.2) is 23.4 Å². The molecule has 2 aromatic carbocycles. The maximum Gasteiger partial charge on any atom is 0.229 e. The first-order valence-corrected chi connectivity index (χ1v) is 9.71. The van der Waals surface area contributed by atoms with Crippen molar-refractivity contribution in [2.24, 2.45) is 0 Å². The van der Waals surface area contributed by atoms with Crippen molar-refractivity contribution < 1.29 is 9.18 Å². The number of allylic oxidation sites excluding steroid dienone is 1. The van der Waals surface area contributed by atoms with Gasteiger partial charge in [0.15, 0.2) is 0 Å². The summed E-state index contributed by atoms with van der Waals surface area (Å²) >= 11 is 1.42. The topological polar surface area (TPSA) is 47.3 Å². The van der Waals surface area contributed by atoms with Crippen molar-refractivity contribution in [3.8, 4) is 6.07 Å². The Labute approximate surface area is 161 Å². The molecule has 2 aliphatic heterocycles. The second kappa shape index (κ2) is 7.09. The first-order valence-electron chi connectivity index (χ1n) is 8.72. The van der Waals surface area contributed by atoms with Gasteiger partial charge >= 0.3 is 0 Å². The van der Waals surface area contributed by atoms with Crippen LogP contribution in [0.2, 0.25) is 0 Å². The van der Waals surface area contributed by atoms with E-state index in [0.717, 1.165) is 11.1 Å². The fourth-order valence-corrected chi connectivity index (χ4v) is 4.82. The van der Waals surface area contributed by atoms with E-state index in [0.29, 0.717) is 22.2 Å². The van der Waals surface area contributed by atoms with Gasteiger partial charge in [-0.15, -0.1) is 0 Å². The standard InChI is InChI=1S/C21H18FN3OS/c1-14-6-2-3-7-15(14)16-10-20(26)25-12-24(13-27-21(25)17(16)11-23)19-9-5-4-8-18(19)22/h2-9,16H,10,12-13H2,1H3/t16-/m0/s1. The van der Waals surface area contributed by atoms with E-state index in [1.807, 2.05) is 36.1 Å². The van der Waals surface area contributed by atoms with Crippen LogP contribution >= 0.6 is 11.8 Å². The zero-order valence-electron chi connectivity index (χ0n) is 14.9. The van der Waals surface area contributed by atoms with E-state index in [2.05, 4.69) is 6.07 Å². The number of anilines is 1. The largest absolute Gasteiger partial charge is 0.341 e.